The molecule has 1 N–H and O–H groups in total. The van der Waals surface area contributed by atoms with Gasteiger partial charge in [0, 0.05) is 42.2 Å². The second kappa shape index (κ2) is 14.1. The molecule has 4 heterocycles. The highest BCUT2D eigenvalue weighted by Gasteiger charge is 2.52. The monoisotopic (exact) mass is 725 g/mol. The first kappa shape index (κ1) is 35.8. The predicted octanol–water partition coefficient (Wildman–Crippen LogP) is 6.22. The number of sulfonamides is 1. The number of halogens is 1. The van der Waals surface area contributed by atoms with Crippen LogP contribution in [0.25, 0.3) is 0 Å². The Balaban J connectivity index is 1.30. The summed E-state index contributed by atoms with van der Waals surface area (Å²) >= 11 is 6.51. The highest BCUT2D eigenvalue weighted by Crippen LogP contribution is 2.51. The van der Waals surface area contributed by atoms with Crippen LogP contribution in [0.2, 0.25) is 0 Å². The quantitative estimate of drug-likeness (QED) is 0.341. The molecule has 50 heavy (non-hydrogen) atoms. The van der Waals surface area contributed by atoms with Crippen LogP contribution in [0.3, 0.4) is 0 Å². The summed E-state index contributed by atoms with van der Waals surface area (Å²) in [6.07, 6.45) is 13.8. The Kier molecular flexibility index (Phi) is 10.1. The largest absolute Gasteiger partial charge is 0.490 e. The van der Waals surface area contributed by atoms with Crippen molar-refractivity contribution >= 4 is 33.2 Å². The van der Waals surface area contributed by atoms with Gasteiger partial charge in [-0.15, -0.1) is 0 Å². The molecule has 11 heteroatoms. The molecule has 4 fully saturated rings. The molecule has 2 saturated heterocycles. The fraction of sp³-hybridized carbons (Fsp3) is 0.615. The first-order valence-corrected chi connectivity index (χ1v) is 20.3. The van der Waals surface area contributed by atoms with E-state index >= 15 is 0 Å². The average Bonchev–Trinajstić information content (AvgIpc) is 3.24. The molecule has 1 aromatic rings. The number of carbonyl (C=O) groups excluding carboxylic acids is 1. The van der Waals surface area contributed by atoms with Crippen molar-refractivity contribution in [2.75, 3.05) is 57.5 Å². The van der Waals surface area contributed by atoms with Crippen molar-refractivity contribution in [2.45, 2.75) is 76.2 Å². The highest BCUT2D eigenvalue weighted by molar-refractivity contribution is 7.90. The number of amides is 1. The minimum atomic E-state index is -3.95. The maximum absolute atomic E-state index is 13.6. The minimum Gasteiger partial charge on any atom is -0.490 e. The van der Waals surface area contributed by atoms with Crippen LogP contribution >= 0.6 is 11.6 Å². The van der Waals surface area contributed by atoms with Gasteiger partial charge in [-0.3, -0.25) is 9.69 Å². The zero-order chi connectivity index (χ0) is 35.3. The second-order valence-electron chi connectivity index (χ2n) is 15.5. The van der Waals surface area contributed by atoms with Crippen LogP contribution in [0.15, 0.2) is 65.3 Å². The summed E-state index contributed by atoms with van der Waals surface area (Å²) in [5, 5.41) is -0.0792. The van der Waals surface area contributed by atoms with Gasteiger partial charge in [0.25, 0.3) is 5.91 Å². The molecule has 2 bridgehead atoms. The van der Waals surface area contributed by atoms with E-state index in [-0.39, 0.29) is 23.3 Å². The van der Waals surface area contributed by atoms with E-state index in [0.717, 1.165) is 75.2 Å². The first-order valence-electron chi connectivity index (χ1n) is 18.4. The van der Waals surface area contributed by atoms with Crippen LogP contribution in [0, 0.1) is 23.2 Å². The van der Waals surface area contributed by atoms with Crippen molar-refractivity contribution in [1.82, 2.24) is 9.62 Å². The summed E-state index contributed by atoms with van der Waals surface area (Å²) in [6.45, 7) is 15.8. The molecule has 0 radical (unpaired) electrons. The smallest absolute Gasteiger partial charge is 0.264 e. The fourth-order valence-electron chi connectivity index (χ4n) is 8.99. The zero-order valence-electron chi connectivity index (χ0n) is 29.7. The molecule has 0 aromatic heterocycles. The third-order valence-corrected chi connectivity index (χ3v) is 14.8. The maximum atomic E-state index is 13.6. The third-order valence-electron chi connectivity index (χ3n) is 12.6. The van der Waals surface area contributed by atoms with Gasteiger partial charge in [-0.1, -0.05) is 43.3 Å². The van der Waals surface area contributed by atoms with Crippen molar-refractivity contribution < 1.29 is 27.4 Å². The van der Waals surface area contributed by atoms with Gasteiger partial charge >= 0.3 is 0 Å². The van der Waals surface area contributed by atoms with Crippen LogP contribution in [0.4, 0.5) is 5.69 Å². The Morgan fingerprint density at radius 3 is 2.80 bits per heavy atom. The Labute approximate surface area is 302 Å². The number of rotatable bonds is 1. The molecule has 2 aliphatic carbocycles. The van der Waals surface area contributed by atoms with Gasteiger partial charge in [0.15, 0.2) is 0 Å². The summed E-state index contributed by atoms with van der Waals surface area (Å²) in [7, 11) is -3.95. The topological polar surface area (TPSA) is 97.4 Å². The van der Waals surface area contributed by atoms with E-state index in [4.69, 9.17) is 25.8 Å². The van der Waals surface area contributed by atoms with Crippen molar-refractivity contribution in [3.8, 4) is 5.75 Å². The molecule has 6 aliphatic rings. The van der Waals surface area contributed by atoms with Crippen LogP contribution in [-0.4, -0.2) is 88.7 Å². The molecule has 9 nitrogen and oxygen atoms in total. The molecular weight excluding hydrogens is 674 g/mol. The van der Waals surface area contributed by atoms with E-state index in [1.165, 1.54) is 0 Å². The summed E-state index contributed by atoms with van der Waals surface area (Å²) < 4.78 is 48.8. The predicted molar refractivity (Wildman–Crippen MR) is 197 cm³/mol. The van der Waals surface area contributed by atoms with Gasteiger partial charge in [-0.2, -0.15) is 0 Å². The maximum Gasteiger partial charge on any atom is 0.264 e. The van der Waals surface area contributed by atoms with E-state index < -0.39 is 26.8 Å². The van der Waals surface area contributed by atoms with Crippen LogP contribution in [0.1, 0.15) is 69.7 Å². The normalized spacial score (nSPS) is 38.0. The number of allylic oxidation sites excluding steroid dienone is 5. The van der Waals surface area contributed by atoms with Crippen molar-refractivity contribution in [1.29, 1.82) is 0 Å². The molecule has 0 unspecified atom stereocenters. The molecule has 1 amide bonds. The Bertz CT molecular complexity index is 1710. The number of anilines is 1. The van der Waals surface area contributed by atoms with Crippen molar-refractivity contribution in [3.05, 3.63) is 70.8 Å². The second-order valence-corrected chi connectivity index (χ2v) is 18.0. The molecule has 2 saturated carbocycles. The number of hydrogen-bond acceptors (Lipinski definition) is 8. The molecule has 4 aliphatic heterocycles. The van der Waals surface area contributed by atoms with E-state index in [0.29, 0.717) is 55.0 Å². The summed E-state index contributed by atoms with van der Waals surface area (Å²) in [6, 6.07) is 5.56. The lowest BCUT2D eigenvalue weighted by Crippen LogP contribution is -2.65. The average molecular weight is 726 g/mol. The zero-order valence-corrected chi connectivity index (χ0v) is 31.2. The van der Waals surface area contributed by atoms with Gasteiger partial charge in [0.1, 0.15) is 11.4 Å². The first-order chi connectivity index (χ1) is 23.9. The van der Waals surface area contributed by atoms with Crippen molar-refractivity contribution in [3.63, 3.8) is 0 Å². The molecule has 2 spiro atoms. The lowest BCUT2D eigenvalue weighted by Gasteiger charge is -2.56. The fourth-order valence-corrected chi connectivity index (χ4v) is 10.4. The Morgan fingerprint density at radius 2 is 2.02 bits per heavy atom. The lowest BCUT2D eigenvalue weighted by atomic mass is 9.63. The number of hydrogen-bond donors (Lipinski definition) is 1. The van der Waals surface area contributed by atoms with Gasteiger partial charge in [-0.25, -0.2) is 13.1 Å². The van der Waals surface area contributed by atoms with E-state index in [9.17, 15) is 13.2 Å². The van der Waals surface area contributed by atoms with E-state index in [2.05, 4.69) is 33.3 Å². The van der Waals surface area contributed by atoms with Crippen molar-refractivity contribution in [2.24, 2.45) is 23.2 Å². The highest BCUT2D eigenvalue weighted by atomic mass is 35.5. The number of fused-ring (bicyclic) bond motifs is 4. The Morgan fingerprint density at radius 1 is 1.18 bits per heavy atom. The number of ether oxygens (including phenoxy) is 3. The minimum absolute atomic E-state index is 0.212. The number of nitrogens with one attached hydrogen (secondary N) is 1. The van der Waals surface area contributed by atoms with Gasteiger partial charge in [0.2, 0.25) is 10.0 Å². The van der Waals surface area contributed by atoms with Crippen LogP contribution in [-0.2, 0) is 19.5 Å². The standard InChI is InChI=1S/C39H52ClN3O6S/c1-5-32(40)18-29-9-7-14-38(27(29)3)23-43-20-31-10-12-34(31)39(24-42-16-17-47-21-33(42)22-49-39)15-6-8-26(2)28(4)50(45,46)41-37(44)30-11-13-36(48-25-38)35(43)19-30/h5-6,11,13,15,18-19,26,28,31,33-34H,3,7-10,12,14,16-17,20-25H2,1-2,4H3,(H,41,44)/b15-6+,29-18-,32-5+/t26-,28+,31-,33-,34+,38-,39+/m0/s1. The summed E-state index contributed by atoms with van der Waals surface area (Å²) in [5.74, 6) is 0.469. The number of carbonyl (C=O) groups is 1. The SMILES string of the molecule is C=C1/C(=C\C(Cl)=C/C)CCC[C@]12COc1ccc3cc1N(C[C@@H]1CC[C@H]1[C@@]1(/C=C/C[C@H](C)[C@@H](C)S(=O)(=O)NC3=O)CN3CCOC[C@H]3CO1)C2. The molecule has 272 valence electrons. The molecule has 1 aromatic carbocycles. The van der Waals surface area contributed by atoms with E-state index in [1.54, 1.807) is 13.0 Å². The molecular formula is C39H52ClN3O6S. The number of benzene rings is 1. The third kappa shape index (κ3) is 6.71. The van der Waals surface area contributed by atoms with E-state index in [1.807, 2.05) is 38.1 Å². The lowest BCUT2D eigenvalue weighted by molar-refractivity contribution is -0.186. The summed E-state index contributed by atoms with van der Waals surface area (Å²) in [5.41, 5.74) is 2.46. The summed E-state index contributed by atoms with van der Waals surface area (Å²) in [4.78, 5) is 18.5. The van der Waals surface area contributed by atoms with Crippen LogP contribution < -0.4 is 14.4 Å². The number of morpholine rings is 2. The number of nitrogens with zero attached hydrogens (tertiary/aromatic N) is 2. The van der Waals surface area contributed by atoms with Crippen LogP contribution in [0.5, 0.6) is 5.75 Å². The van der Waals surface area contributed by atoms with Gasteiger partial charge in [-0.05, 0) is 106 Å². The molecule has 7 atom stereocenters. The molecule has 7 rings (SSSR count). The van der Waals surface area contributed by atoms with Gasteiger partial charge < -0.3 is 19.1 Å². The Hall–Kier alpha value is -2.63. The van der Waals surface area contributed by atoms with Gasteiger partial charge in [0.05, 0.1) is 43.4 Å².